The largest absolute Gasteiger partial charge is 0.124 e. The number of hydrogen-bond acceptors (Lipinski definition) is 0. The maximum Gasteiger partial charge on any atom is 0.124 e. The highest BCUT2D eigenvalue weighted by Gasteiger charge is 2.40. The highest BCUT2D eigenvalue weighted by atomic mass is 35.5. The monoisotopic (exact) mass is 219 g/mol. The molecular formula is C6H7Cl4. The van der Waals surface area contributed by atoms with Crippen molar-refractivity contribution in [2.75, 3.05) is 0 Å². The third-order valence-electron chi connectivity index (χ3n) is 1.44. The van der Waals surface area contributed by atoms with Gasteiger partial charge in [0, 0.05) is 6.42 Å². The molecule has 1 aliphatic carbocycles. The molecule has 1 radical (unpaired) electrons. The van der Waals surface area contributed by atoms with E-state index in [4.69, 9.17) is 46.4 Å². The summed E-state index contributed by atoms with van der Waals surface area (Å²) in [6.45, 7) is 0. The summed E-state index contributed by atoms with van der Waals surface area (Å²) in [6, 6.07) is 0. The van der Waals surface area contributed by atoms with Gasteiger partial charge in [0.25, 0.3) is 0 Å². The average Bonchev–Trinajstić information content (AvgIpc) is 1.56. The molecule has 1 fully saturated rings. The Hall–Kier alpha value is 1.16. The molecule has 10 heavy (non-hydrogen) atoms. The molecule has 0 nitrogen and oxygen atoms in total. The van der Waals surface area contributed by atoms with E-state index >= 15 is 0 Å². The smallest absolute Gasteiger partial charge is 0.101 e. The normalized spacial score (nSPS) is 30.0. The predicted octanol–water partition coefficient (Wildman–Crippen LogP) is 3.72. The lowest BCUT2D eigenvalue weighted by atomic mass is 9.99. The first-order valence-electron chi connectivity index (χ1n) is 3.04. The molecule has 1 rings (SSSR count). The Morgan fingerprint density at radius 3 is 1.50 bits per heavy atom. The molecule has 0 bridgehead atoms. The molecule has 0 saturated heterocycles. The first-order chi connectivity index (χ1) is 4.41. The van der Waals surface area contributed by atoms with Gasteiger partial charge in [-0.05, 0) is 19.3 Å². The SMILES string of the molecule is ClC1(Cl)[CH]C(Cl)(Cl)CCC1. The summed E-state index contributed by atoms with van der Waals surface area (Å²) in [4.78, 5) is 0. The van der Waals surface area contributed by atoms with E-state index in [0.717, 1.165) is 19.3 Å². The van der Waals surface area contributed by atoms with Crippen molar-refractivity contribution < 1.29 is 0 Å². The van der Waals surface area contributed by atoms with Crippen molar-refractivity contribution in [1.82, 2.24) is 0 Å². The fourth-order valence-electron chi connectivity index (χ4n) is 1.01. The summed E-state index contributed by atoms with van der Waals surface area (Å²) in [7, 11) is 0. The van der Waals surface area contributed by atoms with Crippen molar-refractivity contribution in [3.63, 3.8) is 0 Å². The van der Waals surface area contributed by atoms with Crippen LogP contribution in [0.2, 0.25) is 0 Å². The van der Waals surface area contributed by atoms with Crippen LogP contribution in [-0.4, -0.2) is 8.67 Å². The van der Waals surface area contributed by atoms with Gasteiger partial charge in [0.05, 0.1) is 0 Å². The molecule has 0 heterocycles. The summed E-state index contributed by atoms with van der Waals surface area (Å²) in [6.07, 6.45) is 3.92. The molecule has 4 heteroatoms. The standard InChI is InChI=1S/C6H7Cl4/c7-5(8)2-1-3-6(9,10)4-5/h4H,1-3H2. The van der Waals surface area contributed by atoms with E-state index in [0.29, 0.717) is 0 Å². The molecule has 0 N–H and O–H groups in total. The van der Waals surface area contributed by atoms with Gasteiger partial charge in [-0.1, -0.05) is 0 Å². The van der Waals surface area contributed by atoms with Crippen LogP contribution in [-0.2, 0) is 0 Å². The molecule has 1 saturated carbocycles. The quantitative estimate of drug-likeness (QED) is 0.546. The lowest BCUT2D eigenvalue weighted by molar-refractivity contribution is 0.546. The minimum absolute atomic E-state index is 0.733. The van der Waals surface area contributed by atoms with E-state index in [-0.39, 0.29) is 0 Å². The lowest BCUT2D eigenvalue weighted by Crippen LogP contribution is -2.31. The Morgan fingerprint density at radius 2 is 1.30 bits per heavy atom. The van der Waals surface area contributed by atoms with Gasteiger partial charge in [-0.25, -0.2) is 0 Å². The molecule has 0 unspecified atom stereocenters. The summed E-state index contributed by atoms with van der Waals surface area (Å²) in [5.41, 5.74) is 0. The van der Waals surface area contributed by atoms with Gasteiger partial charge in [-0.3, -0.25) is 0 Å². The van der Waals surface area contributed by atoms with Gasteiger partial charge >= 0.3 is 0 Å². The van der Waals surface area contributed by atoms with E-state index in [1.807, 2.05) is 0 Å². The predicted molar refractivity (Wildman–Crippen MR) is 47.0 cm³/mol. The van der Waals surface area contributed by atoms with Gasteiger partial charge in [0.15, 0.2) is 0 Å². The lowest BCUT2D eigenvalue weighted by Gasteiger charge is -2.32. The number of rotatable bonds is 0. The maximum atomic E-state index is 5.80. The molecule has 0 atom stereocenters. The average molecular weight is 221 g/mol. The molecule has 1 aliphatic rings. The number of alkyl halides is 4. The molecule has 0 amide bonds. The zero-order valence-corrected chi connectivity index (χ0v) is 8.23. The fourth-order valence-corrected chi connectivity index (χ4v) is 2.52. The minimum atomic E-state index is -0.832. The van der Waals surface area contributed by atoms with Crippen LogP contribution in [0.4, 0.5) is 0 Å². The first kappa shape index (κ1) is 9.25. The van der Waals surface area contributed by atoms with E-state index < -0.39 is 8.67 Å². The molecule has 0 aromatic heterocycles. The second kappa shape index (κ2) is 2.90. The van der Waals surface area contributed by atoms with Crippen LogP contribution in [0.5, 0.6) is 0 Å². The van der Waals surface area contributed by atoms with Crippen LogP contribution in [0.3, 0.4) is 0 Å². The van der Waals surface area contributed by atoms with Crippen LogP contribution < -0.4 is 0 Å². The van der Waals surface area contributed by atoms with Crippen LogP contribution >= 0.6 is 46.4 Å². The Morgan fingerprint density at radius 1 is 0.900 bits per heavy atom. The van der Waals surface area contributed by atoms with Crippen molar-refractivity contribution in [3.8, 4) is 0 Å². The van der Waals surface area contributed by atoms with Crippen LogP contribution in [0.25, 0.3) is 0 Å². The van der Waals surface area contributed by atoms with Gasteiger partial charge < -0.3 is 0 Å². The third-order valence-corrected chi connectivity index (χ3v) is 2.63. The van der Waals surface area contributed by atoms with Crippen LogP contribution in [0.15, 0.2) is 0 Å². The summed E-state index contributed by atoms with van der Waals surface area (Å²) in [5.74, 6) is 0. The van der Waals surface area contributed by atoms with E-state index in [1.54, 1.807) is 6.42 Å². The zero-order chi connectivity index (χ0) is 7.83. The molecule has 59 valence electrons. The van der Waals surface area contributed by atoms with E-state index in [9.17, 15) is 0 Å². The van der Waals surface area contributed by atoms with E-state index in [2.05, 4.69) is 0 Å². The zero-order valence-electron chi connectivity index (χ0n) is 5.21. The number of halogens is 4. The third kappa shape index (κ3) is 2.65. The van der Waals surface area contributed by atoms with Crippen molar-refractivity contribution in [1.29, 1.82) is 0 Å². The van der Waals surface area contributed by atoms with Crippen LogP contribution in [0, 0.1) is 6.42 Å². The minimum Gasteiger partial charge on any atom is -0.101 e. The Balaban J connectivity index is 2.56. The van der Waals surface area contributed by atoms with Crippen molar-refractivity contribution in [2.24, 2.45) is 0 Å². The Labute approximate surface area is 80.8 Å². The second-order valence-corrected chi connectivity index (χ2v) is 5.60. The van der Waals surface area contributed by atoms with Gasteiger partial charge in [0.2, 0.25) is 0 Å². The Bertz CT molecular complexity index is 116. The summed E-state index contributed by atoms with van der Waals surface area (Å²) >= 11 is 23.2. The summed E-state index contributed by atoms with van der Waals surface area (Å²) in [5, 5.41) is 0. The highest BCUT2D eigenvalue weighted by molar-refractivity contribution is 6.54. The van der Waals surface area contributed by atoms with Gasteiger partial charge in [0.1, 0.15) is 8.67 Å². The molecule has 0 spiro atoms. The molecular weight excluding hydrogens is 214 g/mol. The Kier molecular flexibility index (Phi) is 2.68. The second-order valence-electron chi connectivity index (χ2n) is 2.52. The number of hydrogen-bond donors (Lipinski definition) is 0. The molecule has 0 aromatic rings. The van der Waals surface area contributed by atoms with Gasteiger partial charge in [-0.15, -0.1) is 46.4 Å². The first-order valence-corrected chi connectivity index (χ1v) is 4.55. The topological polar surface area (TPSA) is 0 Å². The van der Waals surface area contributed by atoms with Crippen molar-refractivity contribution in [3.05, 3.63) is 6.42 Å². The van der Waals surface area contributed by atoms with Crippen molar-refractivity contribution in [2.45, 2.75) is 27.9 Å². The summed E-state index contributed by atoms with van der Waals surface area (Å²) < 4.78 is -1.66. The molecule has 0 aliphatic heterocycles. The van der Waals surface area contributed by atoms with E-state index in [1.165, 1.54) is 0 Å². The van der Waals surface area contributed by atoms with Crippen molar-refractivity contribution >= 4 is 46.4 Å². The molecule has 0 aromatic carbocycles. The highest BCUT2D eigenvalue weighted by Crippen LogP contribution is 2.46. The maximum absolute atomic E-state index is 5.80. The fraction of sp³-hybridized carbons (Fsp3) is 0.833. The van der Waals surface area contributed by atoms with Gasteiger partial charge in [-0.2, -0.15) is 0 Å². The van der Waals surface area contributed by atoms with Crippen LogP contribution in [0.1, 0.15) is 19.3 Å².